The third-order valence-electron chi connectivity index (χ3n) is 4.65. The van der Waals surface area contributed by atoms with Gasteiger partial charge in [0.15, 0.2) is 5.82 Å². The van der Waals surface area contributed by atoms with Crippen molar-refractivity contribution >= 4 is 17.6 Å². The van der Waals surface area contributed by atoms with Gasteiger partial charge in [0, 0.05) is 36.2 Å². The van der Waals surface area contributed by atoms with E-state index in [0.29, 0.717) is 11.3 Å². The van der Waals surface area contributed by atoms with Gasteiger partial charge in [-0.1, -0.05) is 27.7 Å². The molecule has 1 aromatic carbocycles. The number of hydrogen-bond acceptors (Lipinski definition) is 4. The predicted molar refractivity (Wildman–Crippen MR) is 104 cm³/mol. The van der Waals surface area contributed by atoms with E-state index in [-0.39, 0.29) is 30.6 Å². The molecule has 0 fully saturated rings. The normalized spacial score (nSPS) is 12.7. The number of H-pyrrole nitrogens is 1. The van der Waals surface area contributed by atoms with Crippen molar-refractivity contribution in [3.8, 4) is 0 Å². The summed E-state index contributed by atoms with van der Waals surface area (Å²) >= 11 is 0. The minimum absolute atomic E-state index is 0.00273. The van der Waals surface area contributed by atoms with Gasteiger partial charge in [0.05, 0.1) is 0 Å². The molecule has 0 saturated heterocycles. The fraction of sp³-hybridized carbons (Fsp3) is 0.450. The molecule has 0 spiro atoms. The molecular formula is C20H26F2N4O3. The van der Waals surface area contributed by atoms with Crippen LogP contribution in [-0.4, -0.2) is 39.8 Å². The number of aromatic amines is 1. The van der Waals surface area contributed by atoms with Crippen LogP contribution in [0, 0.1) is 17.6 Å². The summed E-state index contributed by atoms with van der Waals surface area (Å²) in [6.45, 7) is 7.04. The zero-order chi connectivity index (χ0) is 21.8. The summed E-state index contributed by atoms with van der Waals surface area (Å²) < 4.78 is 27.1. The van der Waals surface area contributed by atoms with Crippen LogP contribution in [0.25, 0.3) is 0 Å². The highest BCUT2D eigenvalue weighted by atomic mass is 19.1. The molecule has 7 nitrogen and oxygen atoms in total. The van der Waals surface area contributed by atoms with E-state index in [9.17, 15) is 23.5 Å². The molecule has 1 atom stereocenters. The highest BCUT2D eigenvalue weighted by Gasteiger charge is 2.27. The molecular weight excluding hydrogens is 382 g/mol. The number of carbonyl (C=O) groups excluding carboxylic acids is 2. The Bertz CT molecular complexity index is 860. The Labute approximate surface area is 167 Å². The zero-order valence-corrected chi connectivity index (χ0v) is 16.8. The molecule has 0 aliphatic carbocycles. The number of aliphatic hydroxyl groups is 1. The fourth-order valence-corrected chi connectivity index (χ4v) is 2.69. The van der Waals surface area contributed by atoms with Crippen LogP contribution in [0.4, 0.5) is 14.6 Å². The molecule has 1 unspecified atom stereocenters. The van der Waals surface area contributed by atoms with E-state index in [1.807, 2.05) is 0 Å². The van der Waals surface area contributed by atoms with E-state index in [0.717, 1.165) is 6.07 Å². The van der Waals surface area contributed by atoms with Crippen LogP contribution in [0.2, 0.25) is 0 Å². The van der Waals surface area contributed by atoms with Crippen molar-refractivity contribution in [2.24, 2.45) is 5.92 Å². The van der Waals surface area contributed by atoms with Crippen LogP contribution in [0.1, 0.15) is 45.4 Å². The highest BCUT2D eigenvalue weighted by molar-refractivity contribution is 5.90. The van der Waals surface area contributed by atoms with Crippen LogP contribution in [-0.2, 0) is 15.0 Å². The van der Waals surface area contributed by atoms with Gasteiger partial charge in [0.25, 0.3) is 0 Å². The number of anilines is 1. The number of nitrogens with zero attached hydrogens (tertiary/aromatic N) is 1. The molecule has 2 aromatic rings. The molecule has 1 heterocycles. The van der Waals surface area contributed by atoms with Crippen molar-refractivity contribution in [3.05, 3.63) is 47.2 Å². The van der Waals surface area contributed by atoms with Crippen LogP contribution < -0.4 is 10.6 Å². The minimum atomic E-state index is -1.12. The first kappa shape index (κ1) is 22.5. The molecule has 0 aliphatic heterocycles. The second-order valence-electron chi connectivity index (χ2n) is 7.73. The average Bonchev–Trinajstić information content (AvgIpc) is 3.09. The Morgan fingerprint density at radius 2 is 1.79 bits per heavy atom. The van der Waals surface area contributed by atoms with E-state index < -0.39 is 29.1 Å². The lowest BCUT2D eigenvalue weighted by Crippen LogP contribution is -2.38. The Balaban J connectivity index is 1.96. The molecule has 4 N–H and O–H groups in total. The van der Waals surface area contributed by atoms with Gasteiger partial charge in [-0.3, -0.25) is 14.7 Å². The second-order valence-corrected chi connectivity index (χ2v) is 7.73. The lowest BCUT2D eigenvalue weighted by Gasteiger charge is -2.23. The monoisotopic (exact) mass is 408 g/mol. The number of rotatable bonds is 8. The predicted octanol–water partition coefficient (Wildman–Crippen LogP) is 2.48. The molecule has 0 aliphatic rings. The molecule has 9 heteroatoms. The smallest absolute Gasteiger partial charge is 0.249 e. The number of aromatic nitrogens is 2. The van der Waals surface area contributed by atoms with Gasteiger partial charge in [0.2, 0.25) is 11.8 Å². The van der Waals surface area contributed by atoms with Crippen molar-refractivity contribution in [1.29, 1.82) is 0 Å². The summed E-state index contributed by atoms with van der Waals surface area (Å²) in [5, 5.41) is 21.5. The third-order valence-corrected chi connectivity index (χ3v) is 4.65. The molecule has 158 valence electrons. The Morgan fingerprint density at radius 1 is 1.17 bits per heavy atom. The first-order chi connectivity index (χ1) is 13.5. The van der Waals surface area contributed by atoms with Crippen molar-refractivity contribution in [2.75, 3.05) is 11.9 Å². The van der Waals surface area contributed by atoms with E-state index in [2.05, 4.69) is 20.8 Å². The molecule has 0 saturated carbocycles. The largest absolute Gasteiger partial charge is 0.383 e. The van der Waals surface area contributed by atoms with Gasteiger partial charge < -0.3 is 15.7 Å². The average molecular weight is 408 g/mol. The van der Waals surface area contributed by atoms with E-state index >= 15 is 0 Å². The van der Waals surface area contributed by atoms with Crippen molar-refractivity contribution in [3.63, 3.8) is 0 Å². The maximum atomic E-state index is 13.6. The van der Waals surface area contributed by atoms with Gasteiger partial charge in [-0.15, -0.1) is 0 Å². The van der Waals surface area contributed by atoms with Gasteiger partial charge >= 0.3 is 0 Å². The van der Waals surface area contributed by atoms with E-state index in [1.165, 1.54) is 12.1 Å². The summed E-state index contributed by atoms with van der Waals surface area (Å²) in [4.78, 5) is 23.7. The third kappa shape index (κ3) is 5.83. The van der Waals surface area contributed by atoms with Crippen molar-refractivity contribution in [2.45, 2.75) is 45.6 Å². The summed E-state index contributed by atoms with van der Waals surface area (Å²) in [5.41, 5.74) is 0.203. The number of amides is 2. The lowest BCUT2D eigenvalue weighted by molar-refractivity contribution is -0.131. The Kier molecular flexibility index (Phi) is 7.07. The molecule has 1 aromatic heterocycles. The number of halogens is 2. The minimum Gasteiger partial charge on any atom is -0.383 e. The summed E-state index contributed by atoms with van der Waals surface area (Å²) in [7, 11) is 0. The number of aliphatic hydroxyl groups excluding tert-OH is 1. The maximum absolute atomic E-state index is 13.6. The SMILES string of the molecule is CC(C)C(O)C(=O)NCCC(=O)Nc1cc(C(C)(C)c2cc(F)cc(F)c2)[nH]n1. The highest BCUT2D eigenvalue weighted by Crippen LogP contribution is 2.32. The maximum Gasteiger partial charge on any atom is 0.249 e. The molecule has 0 bridgehead atoms. The fourth-order valence-electron chi connectivity index (χ4n) is 2.69. The van der Waals surface area contributed by atoms with Crippen molar-refractivity contribution in [1.82, 2.24) is 15.5 Å². The summed E-state index contributed by atoms with van der Waals surface area (Å²) in [5.74, 6) is -2.22. The van der Waals surface area contributed by atoms with Crippen LogP contribution >= 0.6 is 0 Å². The topological polar surface area (TPSA) is 107 Å². The molecule has 2 amide bonds. The van der Waals surface area contributed by atoms with Crippen LogP contribution in [0.3, 0.4) is 0 Å². The quantitative estimate of drug-likeness (QED) is 0.538. The zero-order valence-electron chi connectivity index (χ0n) is 16.8. The molecule has 2 rings (SSSR count). The number of benzene rings is 1. The molecule has 0 radical (unpaired) electrons. The number of nitrogens with one attached hydrogen (secondary N) is 3. The van der Waals surface area contributed by atoms with Crippen molar-refractivity contribution < 1.29 is 23.5 Å². The van der Waals surface area contributed by atoms with Gasteiger partial charge in [-0.25, -0.2) is 8.78 Å². The van der Waals surface area contributed by atoms with Gasteiger partial charge in [-0.2, -0.15) is 5.10 Å². The Morgan fingerprint density at radius 3 is 2.38 bits per heavy atom. The number of carbonyl (C=O) groups is 2. The number of hydrogen-bond donors (Lipinski definition) is 4. The van der Waals surface area contributed by atoms with Crippen LogP contribution in [0.15, 0.2) is 24.3 Å². The van der Waals surface area contributed by atoms with Gasteiger partial charge in [-0.05, 0) is 23.6 Å². The standard InChI is InChI=1S/C20H26F2N4O3/c1-11(2)18(28)19(29)23-6-5-17(27)24-16-10-15(25-26-16)20(3,4)12-7-13(21)9-14(22)8-12/h7-11,18,28H,5-6H2,1-4H3,(H,23,29)(H2,24,25,26,27). The van der Waals surface area contributed by atoms with E-state index in [1.54, 1.807) is 33.8 Å². The molecule has 29 heavy (non-hydrogen) atoms. The van der Waals surface area contributed by atoms with E-state index in [4.69, 9.17) is 0 Å². The van der Waals surface area contributed by atoms with Gasteiger partial charge in [0.1, 0.15) is 17.7 Å². The summed E-state index contributed by atoms with van der Waals surface area (Å²) in [6, 6.07) is 4.88. The first-order valence-corrected chi connectivity index (χ1v) is 9.28. The second kappa shape index (κ2) is 9.13. The summed E-state index contributed by atoms with van der Waals surface area (Å²) in [6.07, 6.45) is -1.13. The first-order valence-electron chi connectivity index (χ1n) is 9.28. The van der Waals surface area contributed by atoms with Crippen LogP contribution in [0.5, 0.6) is 0 Å². The Hall–Kier alpha value is -2.81. The lowest BCUT2D eigenvalue weighted by atomic mass is 9.81.